The van der Waals surface area contributed by atoms with Crippen molar-refractivity contribution < 1.29 is 9.18 Å². The zero-order valence-corrected chi connectivity index (χ0v) is 15.2. The molecule has 2 saturated heterocycles. The molecule has 4 nitrogen and oxygen atoms in total. The molecule has 0 aliphatic carbocycles. The number of H-pyrrole nitrogens is 1. The fourth-order valence-corrected chi connectivity index (χ4v) is 4.88. The molecule has 3 atom stereocenters. The first kappa shape index (κ1) is 16.5. The molecule has 1 amide bonds. The summed E-state index contributed by atoms with van der Waals surface area (Å²) in [6.07, 6.45) is 0. The van der Waals surface area contributed by atoms with Crippen molar-refractivity contribution in [1.82, 2.24) is 15.2 Å². The summed E-state index contributed by atoms with van der Waals surface area (Å²) in [5.74, 6) is 0.515. The van der Waals surface area contributed by atoms with Gasteiger partial charge in [-0.3, -0.25) is 4.79 Å². The molecule has 0 bridgehead atoms. The van der Waals surface area contributed by atoms with Crippen LogP contribution in [-0.2, 0) is 0 Å². The third-order valence-corrected chi connectivity index (χ3v) is 6.22. The molecule has 3 heterocycles. The Kier molecular flexibility index (Phi) is 3.79. The van der Waals surface area contributed by atoms with Crippen LogP contribution in [0.15, 0.2) is 48.5 Å². The van der Waals surface area contributed by atoms with Gasteiger partial charge in [0.15, 0.2) is 0 Å². The third kappa shape index (κ3) is 2.49. The SMILES string of the molecule is Cc1c(C(=O)N2C[C@@H]3CNC[C@@H]3[C@H]2c2ccccc2)[nH]c2c(F)cccc12. The minimum atomic E-state index is -0.322. The molecular formula is C22H22FN3O. The fourth-order valence-electron chi connectivity index (χ4n) is 4.88. The van der Waals surface area contributed by atoms with Crippen LogP contribution in [0.1, 0.15) is 27.7 Å². The number of fused-ring (bicyclic) bond motifs is 2. The molecular weight excluding hydrogens is 341 g/mol. The molecule has 2 aromatic carbocycles. The van der Waals surface area contributed by atoms with Gasteiger partial charge in [0.1, 0.15) is 11.5 Å². The standard InChI is InChI=1S/C22H22FN3O/c1-13-16-8-5-9-18(23)20(16)25-19(13)22(27)26-12-15-10-24-11-17(15)21(26)14-6-3-2-4-7-14/h2-9,15,17,21,24-25H,10-12H2,1H3/t15-,17-,21+/m0/s1. The van der Waals surface area contributed by atoms with Crippen molar-refractivity contribution in [2.45, 2.75) is 13.0 Å². The number of halogens is 1. The minimum absolute atomic E-state index is 0.0358. The summed E-state index contributed by atoms with van der Waals surface area (Å²) < 4.78 is 14.2. The van der Waals surface area contributed by atoms with Gasteiger partial charge in [0.2, 0.25) is 0 Å². The number of aromatic amines is 1. The third-order valence-electron chi connectivity index (χ3n) is 6.22. The van der Waals surface area contributed by atoms with E-state index in [4.69, 9.17) is 0 Å². The molecule has 27 heavy (non-hydrogen) atoms. The second kappa shape index (κ2) is 6.20. The lowest BCUT2D eigenvalue weighted by Crippen LogP contribution is -2.35. The van der Waals surface area contributed by atoms with E-state index in [9.17, 15) is 9.18 Å². The highest BCUT2D eigenvalue weighted by atomic mass is 19.1. The van der Waals surface area contributed by atoms with Gasteiger partial charge in [-0.2, -0.15) is 0 Å². The molecule has 3 aromatic rings. The molecule has 5 heteroatoms. The second-order valence-electron chi connectivity index (χ2n) is 7.68. The number of hydrogen-bond donors (Lipinski definition) is 2. The smallest absolute Gasteiger partial charge is 0.271 e. The van der Waals surface area contributed by atoms with Crippen LogP contribution in [-0.4, -0.2) is 35.4 Å². The molecule has 0 radical (unpaired) electrons. The van der Waals surface area contributed by atoms with Crippen LogP contribution in [0.5, 0.6) is 0 Å². The topological polar surface area (TPSA) is 48.1 Å². The maximum atomic E-state index is 14.2. The molecule has 0 unspecified atom stereocenters. The summed E-state index contributed by atoms with van der Waals surface area (Å²) >= 11 is 0. The minimum Gasteiger partial charge on any atom is -0.348 e. The van der Waals surface area contributed by atoms with Gasteiger partial charge in [0.25, 0.3) is 5.91 Å². The van der Waals surface area contributed by atoms with Gasteiger partial charge >= 0.3 is 0 Å². The Bertz CT molecular complexity index is 1010. The Hall–Kier alpha value is -2.66. The zero-order valence-electron chi connectivity index (χ0n) is 15.2. The number of rotatable bonds is 2. The van der Waals surface area contributed by atoms with E-state index in [0.717, 1.165) is 30.6 Å². The zero-order chi connectivity index (χ0) is 18.5. The summed E-state index contributed by atoms with van der Waals surface area (Å²) in [6.45, 7) is 4.49. The van der Waals surface area contributed by atoms with E-state index in [0.29, 0.717) is 23.0 Å². The van der Waals surface area contributed by atoms with Crippen LogP contribution in [0.3, 0.4) is 0 Å². The maximum Gasteiger partial charge on any atom is 0.271 e. The molecule has 0 saturated carbocycles. The number of nitrogens with zero attached hydrogens (tertiary/aromatic N) is 1. The number of carbonyl (C=O) groups is 1. The predicted molar refractivity (Wildman–Crippen MR) is 103 cm³/mol. The van der Waals surface area contributed by atoms with Gasteiger partial charge in [-0.25, -0.2) is 4.39 Å². The molecule has 2 aliphatic rings. The number of benzene rings is 2. The summed E-state index contributed by atoms with van der Waals surface area (Å²) in [5.41, 5.74) is 2.90. The first-order chi connectivity index (χ1) is 13.1. The number of aryl methyl sites for hydroxylation is 1. The number of hydrogen-bond acceptors (Lipinski definition) is 2. The van der Waals surface area contributed by atoms with Crippen LogP contribution in [0.4, 0.5) is 4.39 Å². The van der Waals surface area contributed by atoms with E-state index in [1.807, 2.05) is 36.1 Å². The second-order valence-corrected chi connectivity index (χ2v) is 7.68. The highest BCUT2D eigenvalue weighted by Gasteiger charge is 2.47. The Balaban J connectivity index is 1.58. The molecule has 5 rings (SSSR count). The van der Waals surface area contributed by atoms with Gasteiger partial charge in [-0.1, -0.05) is 42.5 Å². The first-order valence-corrected chi connectivity index (χ1v) is 9.48. The number of likely N-dealkylation sites (tertiary alicyclic amines) is 1. The van der Waals surface area contributed by atoms with Crippen molar-refractivity contribution in [3.8, 4) is 0 Å². The lowest BCUT2D eigenvalue weighted by atomic mass is 9.89. The average Bonchev–Trinajstić information content (AvgIpc) is 3.36. The van der Waals surface area contributed by atoms with Crippen molar-refractivity contribution in [3.05, 3.63) is 71.2 Å². The van der Waals surface area contributed by atoms with Gasteiger partial charge in [-0.05, 0) is 30.0 Å². The summed E-state index contributed by atoms with van der Waals surface area (Å²) in [4.78, 5) is 18.6. The number of amides is 1. The number of carbonyl (C=O) groups excluding carboxylic acids is 1. The highest BCUT2D eigenvalue weighted by Crippen LogP contribution is 2.43. The van der Waals surface area contributed by atoms with Crippen LogP contribution in [0, 0.1) is 24.6 Å². The van der Waals surface area contributed by atoms with E-state index in [2.05, 4.69) is 22.4 Å². The number of nitrogens with one attached hydrogen (secondary N) is 2. The predicted octanol–water partition coefficient (Wildman–Crippen LogP) is 3.65. The van der Waals surface area contributed by atoms with Crippen LogP contribution < -0.4 is 5.32 Å². The summed E-state index contributed by atoms with van der Waals surface area (Å²) in [5, 5.41) is 4.24. The Morgan fingerprint density at radius 2 is 1.93 bits per heavy atom. The lowest BCUT2D eigenvalue weighted by molar-refractivity contribution is 0.0708. The van der Waals surface area contributed by atoms with Gasteiger partial charge in [0.05, 0.1) is 11.6 Å². The average molecular weight is 363 g/mol. The lowest BCUT2D eigenvalue weighted by Gasteiger charge is -2.28. The van der Waals surface area contributed by atoms with Gasteiger partial charge in [0, 0.05) is 30.9 Å². The van der Waals surface area contributed by atoms with Crippen molar-refractivity contribution >= 4 is 16.8 Å². The maximum absolute atomic E-state index is 14.2. The molecule has 0 spiro atoms. The van der Waals surface area contributed by atoms with Crippen molar-refractivity contribution in [3.63, 3.8) is 0 Å². The van der Waals surface area contributed by atoms with Crippen molar-refractivity contribution in [2.75, 3.05) is 19.6 Å². The monoisotopic (exact) mass is 363 g/mol. The largest absolute Gasteiger partial charge is 0.348 e. The summed E-state index contributed by atoms with van der Waals surface area (Å²) in [6, 6.07) is 15.3. The van der Waals surface area contributed by atoms with Gasteiger partial charge < -0.3 is 15.2 Å². The Labute approximate surface area is 157 Å². The van der Waals surface area contributed by atoms with Crippen LogP contribution >= 0.6 is 0 Å². The molecule has 1 aromatic heterocycles. The Morgan fingerprint density at radius 1 is 1.11 bits per heavy atom. The van der Waals surface area contributed by atoms with E-state index >= 15 is 0 Å². The first-order valence-electron chi connectivity index (χ1n) is 9.48. The van der Waals surface area contributed by atoms with Crippen molar-refractivity contribution in [2.24, 2.45) is 11.8 Å². The van der Waals surface area contributed by atoms with E-state index in [1.54, 1.807) is 6.07 Å². The Morgan fingerprint density at radius 3 is 2.70 bits per heavy atom. The van der Waals surface area contributed by atoms with E-state index in [1.165, 1.54) is 11.6 Å². The fraction of sp³-hybridized carbons (Fsp3) is 0.318. The van der Waals surface area contributed by atoms with Crippen LogP contribution in [0.25, 0.3) is 10.9 Å². The quantitative estimate of drug-likeness (QED) is 0.730. The number of para-hydroxylation sites is 1. The normalized spacial score (nSPS) is 24.5. The highest BCUT2D eigenvalue weighted by molar-refractivity contribution is 6.01. The molecule has 2 aliphatic heterocycles. The molecule has 2 fully saturated rings. The van der Waals surface area contributed by atoms with Crippen molar-refractivity contribution in [1.29, 1.82) is 0 Å². The van der Waals surface area contributed by atoms with Crippen LogP contribution in [0.2, 0.25) is 0 Å². The molecule has 2 N–H and O–H groups in total. The molecule has 138 valence electrons. The number of aromatic nitrogens is 1. The van der Waals surface area contributed by atoms with E-state index in [-0.39, 0.29) is 17.8 Å². The van der Waals surface area contributed by atoms with E-state index < -0.39 is 0 Å². The summed E-state index contributed by atoms with van der Waals surface area (Å²) in [7, 11) is 0. The van der Waals surface area contributed by atoms with Gasteiger partial charge in [-0.15, -0.1) is 0 Å².